The molecule has 0 N–H and O–H groups in total. The predicted molar refractivity (Wildman–Crippen MR) is 52.2 cm³/mol. The van der Waals surface area contributed by atoms with E-state index in [1.807, 2.05) is 0 Å². The van der Waals surface area contributed by atoms with Gasteiger partial charge in [0.1, 0.15) is 0 Å². The third-order valence-electron chi connectivity index (χ3n) is 1.73. The minimum Gasteiger partial charge on any atom is -0.465 e. The van der Waals surface area contributed by atoms with Crippen LogP contribution in [0, 0.1) is 0 Å². The minimum absolute atomic E-state index is 0.169. The summed E-state index contributed by atoms with van der Waals surface area (Å²) in [4.78, 5) is 22.4. The molecule has 4 nitrogen and oxygen atoms in total. The molecular weight excluding hydrogens is 182 g/mol. The van der Waals surface area contributed by atoms with Crippen LogP contribution in [-0.2, 0) is 11.3 Å². The number of esters is 1. The monoisotopic (exact) mass is 193 g/mol. The quantitative estimate of drug-likeness (QED) is 0.527. The van der Waals surface area contributed by atoms with Crippen molar-refractivity contribution in [2.45, 2.75) is 6.54 Å². The molecule has 0 radical (unpaired) electrons. The second-order valence-corrected chi connectivity index (χ2v) is 2.69. The number of ether oxygens (including phenoxy) is 1. The number of allylic oxidation sites excluding steroid dienone is 1. The van der Waals surface area contributed by atoms with Gasteiger partial charge < -0.3 is 9.30 Å². The molecule has 0 aliphatic rings. The van der Waals surface area contributed by atoms with Gasteiger partial charge in [0.2, 0.25) is 0 Å². The molecule has 1 aromatic rings. The van der Waals surface area contributed by atoms with Gasteiger partial charge in [0, 0.05) is 18.8 Å². The van der Waals surface area contributed by atoms with Crippen molar-refractivity contribution in [2.24, 2.45) is 0 Å². The summed E-state index contributed by atoms with van der Waals surface area (Å²) in [6, 6.07) is 2.77. The number of rotatable bonds is 3. The van der Waals surface area contributed by atoms with E-state index in [9.17, 15) is 9.59 Å². The van der Waals surface area contributed by atoms with Crippen molar-refractivity contribution in [3.63, 3.8) is 0 Å². The van der Waals surface area contributed by atoms with Gasteiger partial charge in [-0.2, -0.15) is 0 Å². The number of methoxy groups -OCH3 is 1. The van der Waals surface area contributed by atoms with E-state index in [4.69, 9.17) is 0 Å². The Morgan fingerprint density at radius 3 is 2.93 bits per heavy atom. The number of nitrogens with zero attached hydrogens (tertiary/aromatic N) is 1. The molecule has 0 saturated heterocycles. The number of aromatic nitrogens is 1. The highest BCUT2D eigenvalue weighted by Crippen LogP contribution is 1.98. The zero-order chi connectivity index (χ0) is 10.6. The highest BCUT2D eigenvalue weighted by molar-refractivity contribution is 5.88. The molecule has 1 heterocycles. The zero-order valence-corrected chi connectivity index (χ0v) is 7.90. The Hall–Kier alpha value is -1.84. The van der Waals surface area contributed by atoms with Crippen molar-refractivity contribution in [1.82, 2.24) is 4.57 Å². The van der Waals surface area contributed by atoms with Crippen LogP contribution >= 0.6 is 0 Å². The lowest BCUT2D eigenvalue weighted by molar-refractivity contribution is 0.0599. The predicted octanol–water partition coefficient (Wildman–Crippen LogP) is 0.821. The number of carbonyl (C=O) groups excluding carboxylic acids is 1. The fraction of sp³-hybridized carbons (Fsp3) is 0.200. The Bertz CT molecular complexity index is 406. The summed E-state index contributed by atoms with van der Waals surface area (Å²) in [5.74, 6) is -0.456. The first kappa shape index (κ1) is 10.2. The molecule has 0 spiro atoms. The van der Waals surface area contributed by atoms with Crippen LogP contribution in [-0.4, -0.2) is 17.6 Å². The van der Waals surface area contributed by atoms with E-state index < -0.39 is 5.97 Å². The van der Waals surface area contributed by atoms with Crippen LogP contribution in [0.2, 0.25) is 0 Å². The summed E-state index contributed by atoms with van der Waals surface area (Å²) >= 11 is 0. The third kappa shape index (κ3) is 2.10. The fourth-order valence-corrected chi connectivity index (χ4v) is 1.05. The molecule has 0 unspecified atom stereocenters. The van der Waals surface area contributed by atoms with Crippen LogP contribution in [0.1, 0.15) is 10.4 Å². The first-order valence-electron chi connectivity index (χ1n) is 4.08. The Kier molecular flexibility index (Phi) is 3.23. The standard InChI is InChI=1S/C10H11NO3/c1-3-6-11-7-8(10(13)14-2)4-5-9(11)12/h3-5,7H,1,6H2,2H3. The average molecular weight is 193 g/mol. The number of hydrogen-bond acceptors (Lipinski definition) is 3. The van der Waals surface area contributed by atoms with Crippen molar-refractivity contribution < 1.29 is 9.53 Å². The van der Waals surface area contributed by atoms with E-state index in [1.165, 1.54) is 30.0 Å². The van der Waals surface area contributed by atoms with Crippen LogP contribution in [0.5, 0.6) is 0 Å². The molecule has 1 aromatic heterocycles. The largest absolute Gasteiger partial charge is 0.465 e. The molecule has 0 bridgehead atoms. The van der Waals surface area contributed by atoms with Gasteiger partial charge in [-0.25, -0.2) is 4.79 Å². The summed E-state index contributed by atoms with van der Waals surface area (Å²) < 4.78 is 5.92. The number of hydrogen-bond donors (Lipinski definition) is 0. The van der Waals surface area contributed by atoms with Gasteiger partial charge in [0.25, 0.3) is 5.56 Å². The first-order valence-corrected chi connectivity index (χ1v) is 4.08. The van der Waals surface area contributed by atoms with Crippen LogP contribution in [0.15, 0.2) is 35.8 Å². The van der Waals surface area contributed by atoms with Crippen molar-refractivity contribution in [3.05, 3.63) is 46.9 Å². The second kappa shape index (κ2) is 4.41. The lowest BCUT2D eigenvalue weighted by atomic mass is 10.3. The second-order valence-electron chi connectivity index (χ2n) is 2.69. The summed E-state index contributed by atoms with van der Waals surface area (Å²) in [5, 5.41) is 0. The third-order valence-corrected chi connectivity index (χ3v) is 1.73. The summed E-state index contributed by atoms with van der Waals surface area (Å²) in [6.45, 7) is 3.89. The topological polar surface area (TPSA) is 48.3 Å². The lowest BCUT2D eigenvalue weighted by Crippen LogP contribution is -2.19. The zero-order valence-electron chi connectivity index (χ0n) is 7.90. The van der Waals surface area contributed by atoms with E-state index in [0.717, 1.165) is 0 Å². The highest BCUT2D eigenvalue weighted by atomic mass is 16.5. The van der Waals surface area contributed by atoms with Crippen molar-refractivity contribution >= 4 is 5.97 Å². The molecule has 4 heteroatoms. The van der Waals surface area contributed by atoms with Crippen LogP contribution in [0.4, 0.5) is 0 Å². The average Bonchev–Trinajstić information content (AvgIpc) is 2.20. The van der Waals surface area contributed by atoms with E-state index in [1.54, 1.807) is 6.08 Å². The molecule has 0 atom stereocenters. The van der Waals surface area contributed by atoms with Crippen LogP contribution in [0.3, 0.4) is 0 Å². The first-order chi connectivity index (χ1) is 6.69. The maximum absolute atomic E-state index is 11.2. The lowest BCUT2D eigenvalue weighted by Gasteiger charge is -2.03. The van der Waals surface area contributed by atoms with Crippen LogP contribution < -0.4 is 5.56 Å². The summed E-state index contributed by atoms with van der Waals surface area (Å²) in [6.07, 6.45) is 3.04. The van der Waals surface area contributed by atoms with Crippen molar-refractivity contribution in [1.29, 1.82) is 0 Å². The molecule has 14 heavy (non-hydrogen) atoms. The number of carbonyl (C=O) groups is 1. The van der Waals surface area contributed by atoms with Crippen molar-refractivity contribution in [3.8, 4) is 0 Å². The van der Waals surface area contributed by atoms with E-state index in [-0.39, 0.29) is 5.56 Å². The molecule has 0 saturated carbocycles. The normalized spacial score (nSPS) is 9.50. The maximum atomic E-state index is 11.2. The summed E-state index contributed by atoms with van der Waals surface area (Å²) in [7, 11) is 1.30. The Labute approximate surface area is 81.4 Å². The van der Waals surface area contributed by atoms with E-state index >= 15 is 0 Å². The van der Waals surface area contributed by atoms with Gasteiger partial charge in [0.15, 0.2) is 0 Å². The SMILES string of the molecule is C=CCn1cc(C(=O)OC)ccc1=O. The highest BCUT2D eigenvalue weighted by Gasteiger charge is 2.05. The molecule has 1 rings (SSSR count). The Morgan fingerprint density at radius 1 is 1.64 bits per heavy atom. The Morgan fingerprint density at radius 2 is 2.36 bits per heavy atom. The molecule has 0 aliphatic heterocycles. The molecule has 74 valence electrons. The smallest absolute Gasteiger partial charge is 0.339 e. The van der Waals surface area contributed by atoms with E-state index in [2.05, 4.69) is 11.3 Å². The molecule has 0 aliphatic carbocycles. The van der Waals surface area contributed by atoms with Crippen LogP contribution in [0.25, 0.3) is 0 Å². The Balaban J connectivity index is 3.12. The van der Waals surface area contributed by atoms with Gasteiger partial charge in [0.05, 0.1) is 12.7 Å². The van der Waals surface area contributed by atoms with Crippen molar-refractivity contribution in [2.75, 3.05) is 7.11 Å². The van der Waals surface area contributed by atoms with Gasteiger partial charge in [-0.15, -0.1) is 6.58 Å². The molecule has 0 aromatic carbocycles. The van der Waals surface area contributed by atoms with Gasteiger partial charge >= 0.3 is 5.97 Å². The molecule has 0 amide bonds. The number of pyridine rings is 1. The van der Waals surface area contributed by atoms with Gasteiger partial charge in [-0.05, 0) is 6.07 Å². The maximum Gasteiger partial charge on any atom is 0.339 e. The fourth-order valence-electron chi connectivity index (χ4n) is 1.05. The van der Waals surface area contributed by atoms with E-state index in [0.29, 0.717) is 12.1 Å². The summed E-state index contributed by atoms with van der Waals surface area (Å²) in [5.41, 5.74) is 0.187. The van der Waals surface area contributed by atoms with Gasteiger partial charge in [-0.1, -0.05) is 6.08 Å². The molecule has 0 fully saturated rings. The molecular formula is C10H11NO3. The van der Waals surface area contributed by atoms with Gasteiger partial charge in [-0.3, -0.25) is 4.79 Å². The minimum atomic E-state index is -0.456.